The summed E-state index contributed by atoms with van der Waals surface area (Å²) in [6, 6.07) is 13.8. The smallest absolute Gasteiger partial charge is 0.253 e. The molecule has 194 valence electrons. The maximum absolute atomic E-state index is 12.4. The van der Waals surface area contributed by atoms with E-state index in [9.17, 15) is 19.2 Å². The maximum atomic E-state index is 12.4. The van der Waals surface area contributed by atoms with Crippen LogP contribution in [0.4, 0.5) is 11.4 Å². The lowest BCUT2D eigenvalue weighted by atomic mass is 10.1. The van der Waals surface area contributed by atoms with Crippen molar-refractivity contribution < 1.29 is 19.2 Å². The van der Waals surface area contributed by atoms with Crippen LogP contribution >= 0.6 is 0 Å². The SMILES string of the molecule is CCN(CC)C(=O)c1ccc(NC(=O)CCCCC(=O)Nc2ccc(C(=O)N(CC)CC)cc2)cc1. The van der Waals surface area contributed by atoms with Gasteiger partial charge in [0.2, 0.25) is 11.8 Å². The van der Waals surface area contributed by atoms with E-state index in [0.717, 1.165) is 0 Å². The van der Waals surface area contributed by atoms with Crippen molar-refractivity contribution in [1.82, 2.24) is 9.80 Å². The van der Waals surface area contributed by atoms with Crippen molar-refractivity contribution in [3.05, 3.63) is 59.7 Å². The first kappa shape index (κ1) is 28.6. The number of unbranched alkanes of at least 4 members (excludes halogenated alkanes) is 1. The van der Waals surface area contributed by atoms with Crippen LogP contribution in [0.1, 0.15) is 74.1 Å². The van der Waals surface area contributed by atoms with Gasteiger partial charge in [-0.05, 0) is 89.1 Å². The molecule has 36 heavy (non-hydrogen) atoms. The highest BCUT2D eigenvalue weighted by atomic mass is 16.2. The first-order valence-corrected chi connectivity index (χ1v) is 12.7. The fourth-order valence-corrected chi connectivity index (χ4v) is 3.80. The average Bonchev–Trinajstić information content (AvgIpc) is 2.89. The number of carbonyl (C=O) groups is 4. The van der Waals surface area contributed by atoms with Gasteiger partial charge in [-0.1, -0.05) is 0 Å². The quantitative estimate of drug-likeness (QED) is 0.391. The second kappa shape index (κ2) is 14.7. The molecule has 2 aromatic rings. The lowest BCUT2D eigenvalue weighted by Gasteiger charge is -2.18. The topological polar surface area (TPSA) is 98.8 Å². The van der Waals surface area contributed by atoms with Gasteiger partial charge in [0.15, 0.2) is 0 Å². The zero-order valence-electron chi connectivity index (χ0n) is 21.8. The van der Waals surface area contributed by atoms with E-state index in [1.807, 2.05) is 27.7 Å². The van der Waals surface area contributed by atoms with Crippen molar-refractivity contribution >= 4 is 35.0 Å². The lowest BCUT2D eigenvalue weighted by molar-refractivity contribution is -0.118. The third-order valence-corrected chi connectivity index (χ3v) is 5.99. The minimum Gasteiger partial charge on any atom is -0.339 e. The summed E-state index contributed by atoms with van der Waals surface area (Å²) in [5.74, 6) is -0.321. The molecular weight excluding hydrogens is 456 g/mol. The van der Waals surface area contributed by atoms with Gasteiger partial charge >= 0.3 is 0 Å². The van der Waals surface area contributed by atoms with Crippen molar-refractivity contribution in [1.29, 1.82) is 0 Å². The molecule has 8 nitrogen and oxygen atoms in total. The predicted molar refractivity (Wildman–Crippen MR) is 143 cm³/mol. The summed E-state index contributed by atoms with van der Waals surface area (Å²) >= 11 is 0. The van der Waals surface area contributed by atoms with E-state index >= 15 is 0 Å². The Morgan fingerprint density at radius 3 is 1.14 bits per heavy atom. The number of amides is 4. The molecule has 2 aromatic carbocycles. The van der Waals surface area contributed by atoms with E-state index < -0.39 is 0 Å². The van der Waals surface area contributed by atoms with Gasteiger partial charge in [-0.3, -0.25) is 19.2 Å². The normalized spacial score (nSPS) is 10.4. The molecule has 0 aliphatic carbocycles. The Bertz CT molecular complexity index is 927. The molecule has 4 amide bonds. The van der Waals surface area contributed by atoms with E-state index in [4.69, 9.17) is 0 Å². The summed E-state index contributed by atoms with van der Waals surface area (Å²) in [6.45, 7) is 10.4. The van der Waals surface area contributed by atoms with Crippen LogP contribution in [-0.4, -0.2) is 59.6 Å². The Labute approximate surface area is 214 Å². The largest absolute Gasteiger partial charge is 0.339 e. The highest BCUT2D eigenvalue weighted by molar-refractivity contribution is 5.96. The Morgan fingerprint density at radius 2 is 0.861 bits per heavy atom. The number of hydrogen-bond donors (Lipinski definition) is 2. The first-order valence-electron chi connectivity index (χ1n) is 12.7. The van der Waals surface area contributed by atoms with Crippen LogP contribution in [0.3, 0.4) is 0 Å². The molecule has 0 saturated carbocycles. The summed E-state index contributed by atoms with van der Waals surface area (Å²) in [7, 11) is 0. The predicted octanol–water partition coefficient (Wildman–Crippen LogP) is 4.79. The van der Waals surface area contributed by atoms with Crippen LogP contribution in [0.2, 0.25) is 0 Å². The van der Waals surface area contributed by atoms with Gasteiger partial charge in [-0.2, -0.15) is 0 Å². The van der Waals surface area contributed by atoms with E-state index in [2.05, 4.69) is 10.6 Å². The van der Waals surface area contributed by atoms with E-state index in [1.165, 1.54) is 0 Å². The number of carbonyl (C=O) groups excluding carboxylic acids is 4. The highest BCUT2D eigenvalue weighted by Gasteiger charge is 2.14. The molecule has 2 rings (SSSR count). The Hall–Kier alpha value is -3.68. The Morgan fingerprint density at radius 1 is 0.556 bits per heavy atom. The number of hydrogen-bond acceptors (Lipinski definition) is 4. The third kappa shape index (κ3) is 8.52. The summed E-state index contributed by atoms with van der Waals surface area (Å²) < 4.78 is 0. The van der Waals surface area contributed by atoms with Crippen LogP contribution in [0.25, 0.3) is 0 Å². The molecule has 0 radical (unpaired) electrons. The van der Waals surface area contributed by atoms with Crippen LogP contribution in [0.15, 0.2) is 48.5 Å². The van der Waals surface area contributed by atoms with Crippen molar-refractivity contribution in [3.63, 3.8) is 0 Å². The maximum Gasteiger partial charge on any atom is 0.253 e. The van der Waals surface area contributed by atoms with Gasteiger partial charge in [0.25, 0.3) is 11.8 Å². The molecule has 0 heterocycles. The first-order chi connectivity index (χ1) is 17.3. The molecule has 0 aliphatic rings. The molecule has 2 N–H and O–H groups in total. The number of nitrogens with one attached hydrogen (secondary N) is 2. The van der Waals surface area contributed by atoms with Crippen molar-refractivity contribution in [2.45, 2.75) is 53.4 Å². The van der Waals surface area contributed by atoms with Crippen LogP contribution in [0, 0.1) is 0 Å². The lowest BCUT2D eigenvalue weighted by Crippen LogP contribution is -2.30. The summed E-state index contributed by atoms with van der Waals surface area (Å²) in [6.07, 6.45) is 1.76. The standard InChI is InChI=1S/C28H38N4O4/c1-5-31(6-2)27(35)21-13-17-23(18-14-21)29-25(33)11-9-10-12-26(34)30-24-19-15-22(16-20-24)28(36)32(7-3)8-4/h13-20H,5-12H2,1-4H3,(H,29,33)(H,30,34). The number of nitrogens with zero attached hydrogens (tertiary/aromatic N) is 2. The van der Waals surface area contributed by atoms with Crippen molar-refractivity contribution in [3.8, 4) is 0 Å². The average molecular weight is 495 g/mol. The number of benzene rings is 2. The number of anilines is 2. The van der Waals surface area contributed by atoms with Crippen LogP contribution in [-0.2, 0) is 9.59 Å². The van der Waals surface area contributed by atoms with E-state index in [0.29, 0.717) is 74.4 Å². The van der Waals surface area contributed by atoms with Gasteiger partial charge in [0.1, 0.15) is 0 Å². The molecule has 0 aromatic heterocycles. The molecule has 0 aliphatic heterocycles. The van der Waals surface area contributed by atoms with E-state index in [-0.39, 0.29) is 23.6 Å². The summed E-state index contributed by atoms with van der Waals surface area (Å²) in [5, 5.41) is 5.66. The van der Waals surface area contributed by atoms with Crippen LogP contribution in [0.5, 0.6) is 0 Å². The molecule has 8 heteroatoms. The van der Waals surface area contributed by atoms with Crippen molar-refractivity contribution in [2.24, 2.45) is 0 Å². The fraction of sp³-hybridized carbons (Fsp3) is 0.429. The van der Waals surface area contributed by atoms with Gasteiger partial charge in [-0.15, -0.1) is 0 Å². The van der Waals surface area contributed by atoms with E-state index in [1.54, 1.807) is 58.3 Å². The zero-order chi connectivity index (χ0) is 26.5. The molecule has 0 bridgehead atoms. The molecule has 0 fully saturated rings. The fourth-order valence-electron chi connectivity index (χ4n) is 3.80. The van der Waals surface area contributed by atoms with Gasteiger partial charge < -0.3 is 20.4 Å². The zero-order valence-corrected chi connectivity index (χ0v) is 21.8. The van der Waals surface area contributed by atoms with Gasteiger partial charge in [0, 0.05) is 61.5 Å². The van der Waals surface area contributed by atoms with Gasteiger partial charge in [0.05, 0.1) is 0 Å². The molecular formula is C28H38N4O4. The second-order valence-electron chi connectivity index (χ2n) is 8.41. The summed E-state index contributed by atoms with van der Waals surface area (Å²) in [4.78, 5) is 52.7. The van der Waals surface area contributed by atoms with Crippen LogP contribution < -0.4 is 10.6 Å². The van der Waals surface area contributed by atoms with Gasteiger partial charge in [-0.25, -0.2) is 0 Å². The van der Waals surface area contributed by atoms with Crippen molar-refractivity contribution in [2.75, 3.05) is 36.8 Å². The second-order valence-corrected chi connectivity index (χ2v) is 8.41. The monoisotopic (exact) mass is 494 g/mol. The molecule has 0 atom stereocenters. The third-order valence-electron chi connectivity index (χ3n) is 5.99. The molecule has 0 saturated heterocycles. The molecule has 0 spiro atoms. The Balaban J connectivity index is 1.71. The highest BCUT2D eigenvalue weighted by Crippen LogP contribution is 2.14. The minimum absolute atomic E-state index is 0.0276. The summed E-state index contributed by atoms with van der Waals surface area (Å²) in [5.41, 5.74) is 2.45. The molecule has 0 unspecified atom stereocenters. The number of rotatable bonds is 13. The minimum atomic E-state index is -0.133. The Kier molecular flexibility index (Phi) is 11.6.